The van der Waals surface area contributed by atoms with Crippen LogP contribution in [0.25, 0.3) is 0 Å². The second-order valence-electron chi connectivity index (χ2n) is 5.74. The molecule has 0 saturated heterocycles. The van der Waals surface area contributed by atoms with Gasteiger partial charge in [0.05, 0.1) is 7.11 Å². The minimum Gasteiger partial charge on any atom is -0.497 e. The Kier molecular flexibility index (Phi) is 3.66. The zero-order valence-electron chi connectivity index (χ0n) is 11.2. The molecule has 3 heteroatoms. The van der Waals surface area contributed by atoms with Gasteiger partial charge in [-0.15, -0.1) is 0 Å². The SMILES string of the molecule is COc1ccc(Br)c(CC(=O)C2C3CCCCC32)c1. The molecule has 3 rings (SSSR count). The summed E-state index contributed by atoms with van der Waals surface area (Å²) < 4.78 is 6.23. The second-order valence-corrected chi connectivity index (χ2v) is 6.59. The van der Waals surface area contributed by atoms with E-state index in [0.717, 1.165) is 15.8 Å². The van der Waals surface area contributed by atoms with Crippen LogP contribution >= 0.6 is 15.9 Å². The first kappa shape index (κ1) is 13.2. The van der Waals surface area contributed by atoms with E-state index in [9.17, 15) is 4.79 Å². The van der Waals surface area contributed by atoms with Crippen LogP contribution in [-0.2, 0) is 11.2 Å². The summed E-state index contributed by atoms with van der Waals surface area (Å²) in [5.74, 6) is 2.99. The van der Waals surface area contributed by atoms with Crippen LogP contribution in [0.5, 0.6) is 5.75 Å². The van der Waals surface area contributed by atoms with Gasteiger partial charge in [-0.1, -0.05) is 28.8 Å². The predicted molar refractivity (Wildman–Crippen MR) is 78.3 cm³/mol. The lowest BCUT2D eigenvalue weighted by Gasteiger charge is -2.06. The van der Waals surface area contributed by atoms with E-state index >= 15 is 0 Å². The highest BCUT2D eigenvalue weighted by atomic mass is 79.9. The normalized spacial score (nSPS) is 28.6. The third-order valence-electron chi connectivity index (χ3n) is 4.65. The van der Waals surface area contributed by atoms with Gasteiger partial charge in [-0.2, -0.15) is 0 Å². The fourth-order valence-electron chi connectivity index (χ4n) is 3.59. The van der Waals surface area contributed by atoms with Crippen molar-refractivity contribution >= 4 is 21.7 Å². The standard InChI is InChI=1S/C16H19BrO2/c1-19-11-6-7-14(17)10(8-11)9-15(18)16-12-4-2-3-5-13(12)16/h6-8,12-13,16H,2-5,9H2,1H3. The monoisotopic (exact) mass is 322 g/mol. The van der Waals surface area contributed by atoms with E-state index < -0.39 is 0 Å². The first-order valence-corrected chi connectivity index (χ1v) is 7.85. The molecular formula is C16H19BrO2. The molecule has 0 bridgehead atoms. The molecule has 2 unspecified atom stereocenters. The zero-order chi connectivity index (χ0) is 13.4. The Morgan fingerprint density at radius 2 is 2.00 bits per heavy atom. The predicted octanol–water partition coefficient (Wildman–Crippen LogP) is 4.01. The molecular weight excluding hydrogens is 304 g/mol. The maximum atomic E-state index is 12.4. The summed E-state index contributed by atoms with van der Waals surface area (Å²) in [6.45, 7) is 0. The lowest BCUT2D eigenvalue weighted by Crippen LogP contribution is -2.08. The number of benzene rings is 1. The van der Waals surface area contributed by atoms with Gasteiger partial charge in [-0.05, 0) is 48.4 Å². The molecule has 0 N–H and O–H groups in total. The number of carbonyl (C=O) groups is 1. The molecule has 0 heterocycles. The second kappa shape index (κ2) is 5.28. The van der Waals surface area contributed by atoms with E-state index in [1.807, 2.05) is 18.2 Å². The van der Waals surface area contributed by atoms with Crippen LogP contribution in [0.2, 0.25) is 0 Å². The lowest BCUT2D eigenvalue weighted by atomic mass is 10.0. The summed E-state index contributed by atoms with van der Waals surface area (Å²) in [6.07, 6.45) is 5.69. The lowest BCUT2D eigenvalue weighted by molar-refractivity contribution is -0.120. The summed E-state index contributed by atoms with van der Waals surface area (Å²) in [7, 11) is 1.66. The molecule has 2 aliphatic rings. The van der Waals surface area contributed by atoms with Crippen molar-refractivity contribution in [1.29, 1.82) is 0 Å². The van der Waals surface area contributed by atoms with Crippen molar-refractivity contribution in [3.63, 3.8) is 0 Å². The highest BCUT2D eigenvalue weighted by Gasteiger charge is 2.53. The van der Waals surface area contributed by atoms with Crippen molar-refractivity contribution in [2.24, 2.45) is 17.8 Å². The van der Waals surface area contributed by atoms with Crippen LogP contribution in [0.3, 0.4) is 0 Å². The van der Waals surface area contributed by atoms with Crippen molar-refractivity contribution in [2.45, 2.75) is 32.1 Å². The molecule has 0 spiro atoms. The number of rotatable bonds is 4. The van der Waals surface area contributed by atoms with Crippen LogP contribution in [0.4, 0.5) is 0 Å². The van der Waals surface area contributed by atoms with Crippen LogP contribution in [0.1, 0.15) is 31.2 Å². The maximum absolute atomic E-state index is 12.4. The minimum atomic E-state index is 0.348. The first-order valence-electron chi connectivity index (χ1n) is 7.06. The molecule has 0 aromatic heterocycles. The maximum Gasteiger partial charge on any atom is 0.140 e. The number of halogens is 1. The van der Waals surface area contributed by atoms with Crippen LogP contribution in [-0.4, -0.2) is 12.9 Å². The van der Waals surface area contributed by atoms with E-state index in [2.05, 4.69) is 15.9 Å². The third-order valence-corrected chi connectivity index (χ3v) is 5.42. The van der Waals surface area contributed by atoms with E-state index in [1.165, 1.54) is 25.7 Å². The summed E-state index contributed by atoms with van der Waals surface area (Å²) in [4.78, 5) is 12.4. The van der Waals surface area contributed by atoms with Crippen LogP contribution in [0, 0.1) is 17.8 Å². The number of carbonyl (C=O) groups excluding carboxylic acids is 1. The summed E-state index contributed by atoms with van der Waals surface area (Å²) in [5, 5.41) is 0. The average Bonchev–Trinajstić information content (AvgIpc) is 3.15. The van der Waals surface area contributed by atoms with E-state index in [1.54, 1.807) is 7.11 Å². The Morgan fingerprint density at radius 1 is 1.32 bits per heavy atom. The van der Waals surface area contributed by atoms with E-state index in [-0.39, 0.29) is 0 Å². The summed E-state index contributed by atoms with van der Waals surface area (Å²) >= 11 is 3.53. The van der Waals surface area contributed by atoms with Crippen molar-refractivity contribution in [3.05, 3.63) is 28.2 Å². The number of fused-ring (bicyclic) bond motifs is 1. The number of methoxy groups -OCH3 is 1. The number of hydrogen-bond acceptors (Lipinski definition) is 2. The summed E-state index contributed by atoms with van der Waals surface area (Å²) in [5.41, 5.74) is 1.05. The Labute approximate surface area is 122 Å². The molecule has 1 aromatic rings. The van der Waals surface area contributed by atoms with Crippen LogP contribution < -0.4 is 4.74 Å². The Balaban J connectivity index is 1.70. The number of hydrogen-bond donors (Lipinski definition) is 0. The highest BCUT2D eigenvalue weighted by molar-refractivity contribution is 9.10. The van der Waals surface area contributed by atoms with Crippen molar-refractivity contribution in [2.75, 3.05) is 7.11 Å². The molecule has 2 fully saturated rings. The van der Waals surface area contributed by atoms with Gasteiger partial charge in [0.1, 0.15) is 11.5 Å². The molecule has 2 nitrogen and oxygen atoms in total. The zero-order valence-corrected chi connectivity index (χ0v) is 12.8. The molecule has 102 valence electrons. The van der Waals surface area contributed by atoms with Gasteiger partial charge in [0.15, 0.2) is 0 Å². The summed E-state index contributed by atoms with van der Waals surface area (Å²) in [6, 6.07) is 5.84. The largest absolute Gasteiger partial charge is 0.497 e. The number of ketones is 1. The van der Waals surface area contributed by atoms with Gasteiger partial charge in [0, 0.05) is 16.8 Å². The minimum absolute atomic E-state index is 0.348. The van der Waals surface area contributed by atoms with Gasteiger partial charge < -0.3 is 4.74 Å². The van der Waals surface area contributed by atoms with E-state index in [0.29, 0.717) is 30.0 Å². The topological polar surface area (TPSA) is 26.3 Å². The molecule has 0 amide bonds. The van der Waals surface area contributed by atoms with Crippen molar-refractivity contribution in [1.82, 2.24) is 0 Å². The smallest absolute Gasteiger partial charge is 0.140 e. The van der Waals surface area contributed by atoms with Gasteiger partial charge in [0.2, 0.25) is 0 Å². The van der Waals surface area contributed by atoms with Crippen LogP contribution in [0.15, 0.2) is 22.7 Å². The fourth-order valence-corrected chi connectivity index (χ4v) is 3.98. The molecule has 0 radical (unpaired) electrons. The van der Waals surface area contributed by atoms with Gasteiger partial charge in [0.25, 0.3) is 0 Å². The average molecular weight is 323 g/mol. The van der Waals surface area contributed by atoms with Gasteiger partial charge in [-0.3, -0.25) is 4.79 Å². The quantitative estimate of drug-likeness (QED) is 0.837. The van der Waals surface area contributed by atoms with Crippen molar-refractivity contribution < 1.29 is 9.53 Å². The van der Waals surface area contributed by atoms with Crippen molar-refractivity contribution in [3.8, 4) is 5.75 Å². The highest BCUT2D eigenvalue weighted by Crippen LogP contribution is 2.56. The van der Waals surface area contributed by atoms with Gasteiger partial charge in [-0.25, -0.2) is 0 Å². The van der Waals surface area contributed by atoms with Gasteiger partial charge >= 0.3 is 0 Å². The first-order chi connectivity index (χ1) is 9.20. The molecule has 19 heavy (non-hydrogen) atoms. The Bertz CT molecular complexity index is 486. The third kappa shape index (κ3) is 2.58. The molecule has 2 aliphatic carbocycles. The Hall–Kier alpha value is -0.830. The molecule has 1 aromatic carbocycles. The number of Topliss-reactive ketones (excluding diaryl/α,β-unsaturated/α-hetero) is 1. The number of ether oxygens (including phenoxy) is 1. The fraction of sp³-hybridized carbons (Fsp3) is 0.562. The molecule has 0 aliphatic heterocycles. The molecule has 2 atom stereocenters. The molecule has 2 saturated carbocycles. The van der Waals surface area contributed by atoms with E-state index in [4.69, 9.17) is 4.74 Å². The Morgan fingerprint density at radius 3 is 2.63 bits per heavy atom.